The Morgan fingerprint density at radius 1 is 1.17 bits per heavy atom. The molecule has 1 aromatic heterocycles. The lowest BCUT2D eigenvalue weighted by atomic mass is 10.1. The Morgan fingerprint density at radius 2 is 1.85 bits per heavy atom. The molecule has 10 nitrogen and oxygen atoms in total. The fourth-order valence-corrected chi connectivity index (χ4v) is 7.25. The number of nitrogens with two attached hydrogens (primary N) is 1. The van der Waals surface area contributed by atoms with Crippen molar-refractivity contribution in [3.63, 3.8) is 0 Å². The van der Waals surface area contributed by atoms with Crippen molar-refractivity contribution in [1.29, 1.82) is 5.26 Å². The fraction of sp³-hybridized carbons (Fsp3) is 0.308. The summed E-state index contributed by atoms with van der Waals surface area (Å²) in [5, 5.41) is 17.6. The second-order valence-corrected chi connectivity index (χ2v) is 12.0. The van der Waals surface area contributed by atoms with E-state index in [-0.39, 0.29) is 24.5 Å². The number of nitrogens with zero attached hydrogens (tertiary/aromatic N) is 4. The predicted octanol–water partition coefficient (Wildman–Crippen LogP) is 3.05. The maximum atomic E-state index is 14.3. The van der Waals surface area contributed by atoms with Crippen LogP contribution in [0.4, 0.5) is 13.2 Å². The summed E-state index contributed by atoms with van der Waals surface area (Å²) in [5.74, 6) is -2.04. The van der Waals surface area contributed by atoms with Gasteiger partial charge >= 0.3 is 12.1 Å². The minimum Gasteiger partial charge on any atom is -0.480 e. The van der Waals surface area contributed by atoms with E-state index in [4.69, 9.17) is 5.73 Å². The van der Waals surface area contributed by atoms with Gasteiger partial charge in [0.2, 0.25) is 5.91 Å². The van der Waals surface area contributed by atoms with Crippen LogP contribution in [0.25, 0.3) is 17.1 Å². The normalized spacial score (nSPS) is 24.3. The number of hydrogen-bond acceptors (Lipinski definition) is 7. The summed E-state index contributed by atoms with van der Waals surface area (Å²) in [6, 6.07) is 10.9. The number of carboxylic acids is 1. The van der Waals surface area contributed by atoms with Crippen molar-refractivity contribution < 1.29 is 36.3 Å². The van der Waals surface area contributed by atoms with Crippen molar-refractivity contribution in [2.75, 3.05) is 6.54 Å². The van der Waals surface area contributed by atoms with Crippen LogP contribution in [0.1, 0.15) is 18.4 Å². The van der Waals surface area contributed by atoms with Crippen LogP contribution in [0.3, 0.4) is 0 Å². The first-order valence-electron chi connectivity index (χ1n) is 12.1. The van der Waals surface area contributed by atoms with Gasteiger partial charge < -0.3 is 10.8 Å². The van der Waals surface area contributed by atoms with Crippen molar-refractivity contribution in [3.8, 4) is 23.1 Å². The third-order valence-electron chi connectivity index (χ3n) is 7.51. The zero-order valence-corrected chi connectivity index (χ0v) is 22.7. The highest BCUT2D eigenvalue weighted by atomic mass is 35.5. The summed E-state index contributed by atoms with van der Waals surface area (Å²) in [7, 11) is -4.72. The number of nitriles is 1. The van der Waals surface area contributed by atoms with Crippen LogP contribution < -0.4 is 5.73 Å². The van der Waals surface area contributed by atoms with Gasteiger partial charge in [-0.25, -0.2) is 13.4 Å². The van der Waals surface area contributed by atoms with E-state index in [1.165, 1.54) is 27.9 Å². The number of benzene rings is 2. The summed E-state index contributed by atoms with van der Waals surface area (Å²) >= 11 is 0. The van der Waals surface area contributed by atoms with Crippen LogP contribution in [0, 0.1) is 16.7 Å². The zero-order chi connectivity index (χ0) is 29.0. The molecule has 0 bridgehead atoms. The van der Waals surface area contributed by atoms with Crippen molar-refractivity contribution in [3.05, 3.63) is 66.5 Å². The van der Waals surface area contributed by atoms with Gasteiger partial charge in [-0.05, 0) is 31.0 Å². The number of primary amides is 1. The molecule has 2 heterocycles. The molecule has 2 aromatic carbocycles. The van der Waals surface area contributed by atoms with Crippen LogP contribution in [-0.4, -0.2) is 63.7 Å². The Balaban J connectivity index is 0.00000387. The maximum Gasteiger partial charge on any atom is 0.417 e. The summed E-state index contributed by atoms with van der Waals surface area (Å²) in [6.07, 6.45) is -2.81. The maximum absolute atomic E-state index is 14.3. The van der Waals surface area contributed by atoms with Gasteiger partial charge in [-0.3, -0.25) is 19.1 Å². The van der Waals surface area contributed by atoms with Crippen LogP contribution in [0.2, 0.25) is 0 Å². The van der Waals surface area contributed by atoms with Gasteiger partial charge in [-0.1, -0.05) is 30.3 Å². The Kier molecular flexibility index (Phi) is 7.68. The second-order valence-electron chi connectivity index (χ2n) is 9.79. The first kappa shape index (κ1) is 30.0. The van der Waals surface area contributed by atoms with Crippen molar-refractivity contribution in [2.45, 2.75) is 41.2 Å². The zero-order valence-electron chi connectivity index (χ0n) is 21.0. The third kappa shape index (κ3) is 5.05. The van der Waals surface area contributed by atoms with E-state index in [0.717, 1.165) is 12.1 Å². The van der Waals surface area contributed by atoms with E-state index in [9.17, 15) is 41.5 Å². The molecule has 1 saturated carbocycles. The summed E-state index contributed by atoms with van der Waals surface area (Å²) in [6.45, 7) is -0.473. The molecule has 216 valence electrons. The number of aliphatic carboxylic acids is 1. The highest BCUT2D eigenvalue weighted by Crippen LogP contribution is 2.52. The van der Waals surface area contributed by atoms with Crippen LogP contribution in [0.15, 0.2) is 65.8 Å². The van der Waals surface area contributed by atoms with Crippen molar-refractivity contribution in [1.82, 2.24) is 14.5 Å². The number of halogens is 4. The Hall–Kier alpha value is -3.93. The Labute approximate surface area is 238 Å². The van der Waals surface area contributed by atoms with E-state index in [1.54, 1.807) is 36.4 Å². The second kappa shape index (κ2) is 10.5. The number of carbonyl (C=O) groups excluding carboxylic acids is 1. The quantitative estimate of drug-likeness (QED) is 0.413. The molecule has 15 heteroatoms. The molecule has 1 aliphatic heterocycles. The number of sulfone groups is 1. The van der Waals surface area contributed by atoms with Gasteiger partial charge in [0.1, 0.15) is 11.9 Å². The molecule has 41 heavy (non-hydrogen) atoms. The molecule has 2 fully saturated rings. The average molecular weight is 610 g/mol. The standard InChI is InChI=1S/C26H22F3N5O5S.ClH/c27-26(28,29)18-10-16(33-9-8-32-22(33)15-4-2-1-3-5-15)6-7-20(18)40(38,39)17-11-19(23(35)36)34(13-17)21-12-25(21,14-30)24(31)37;/h1-10,17,19,21H,11-13H2,(H2,31,37)(H,35,36);1H/t17-,19+,21?,25?;/m1./s1. The molecule has 0 spiro atoms. The van der Waals surface area contributed by atoms with Gasteiger partial charge in [0, 0.05) is 36.2 Å². The van der Waals surface area contributed by atoms with E-state index in [0.29, 0.717) is 11.4 Å². The van der Waals surface area contributed by atoms with E-state index in [2.05, 4.69) is 4.98 Å². The predicted molar refractivity (Wildman–Crippen MR) is 141 cm³/mol. The lowest BCUT2D eigenvalue weighted by molar-refractivity contribution is -0.143. The molecule has 2 aliphatic rings. The largest absolute Gasteiger partial charge is 0.480 e. The summed E-state index contributed by atoms with van der Waals surface area (Å²) < 4.78 is 71.5. The van der Waals surface area contributed by atoms with Crippen LogP contribution in [0.5, 0.6) is 0 Å². The number of imidazole rings is 1. The van der Waals surface area contributed by atoms with Gasteiger partial charge in [-0.15, -0.1) is 12.4 Å². The minimum absolute atomic E-state index is 0. The third-order valence-corrected chi connectivity index (χ3v) is 9.70. The van der Waals surface area contributed by atoms with Gasteiger partial charge in [0.15, 0.2) is 15.3 Å². The van der Waals surface area contributed by atoms with Crippen LogP contribution >= 0.6 is 12.4 Å². The van der Waals surface area contributed by atoms with Crippen molar-refractivity contribution >= 4 is 34.1 Å². The molecule has 1 saturated heterocycles. The van der Waals surface area contributed by atoms with E-state index >= 15 is 0 Å². The first-order valence-corrected chi connectivity index (χ1v) is 13.6. The Bertz CT molecular complexity index is 1660. The number of carbonyl (C=O) groups is 2. The highest BCUT2D eigenvalue weighted by Gasteiger charge is 2.66. The SMILES string of the molecule is Cl.N#CC1(C(N)=O)CC1N1C[C@H](S(=O)(=O)c2ccc(-n3ccnc3-c3ccccc3)cc2C(F)(F)F)C[C@H]1C(=O)O. The first-order chi connectivity index (χ1) is 18.8. The van der Waals surface area contributed by atoms with E-state index < -0.39 is 74.1 Å². The number of alkyl halides is 3. The summed E-state index contributed by atoms with van der Waals surface area (Å²) in [4.78, 5) is 28.2. The van der Waals surface area contributed by atoms with Gasteiger partial charge in [-0.2, -0.15) is 18.4 Å². The van der Waals surface area contributed by atoms with Crippen LogP contribution in [-0.2, 0) is 25.6 Å². The summed E-state index contributed by atoms with van der Waals surface area (Å²) in [5.41, 5.74) is 2.90. The molecule has 3 aromatic rings. The monoisotopic (exact) mass is 609 g/mol. The van der Waals surface area contributed by atoms with Crippen molar-refractivity contribution in [2.24, 2.45) is 11.1 Å². The number of amides is 1. The van der Waals surface area contributed by atoms with E-state index in [1.807, 2.05) is 0 Å². The number of carboxylic acid groups (broad SMARTS) is 1. The average Bonchev–Trinajstić information content (AvgIpc) is 3.24. The number of rotatable bonds is 7. The molecule has 2 unspecified atom stereocenters. The number of hydrogen-bond donors (Lipinski definition) is 2. The smallest absolute Gasteiger partial charge is 0.417 e. The fourth-order valence-electron chi connectivity index (χ4n) is 5.35. The molecule has 5 rings (SSSR count). The minimum atomic E-state index is -5.06. The molecule has 3 N–H and O–H groups in total. The molecule has 4 atom stereocenters. The lowest BCUT2D eigenvalue weighted by Gasteiger charge is -2.22. The molecule has 1 aliphatic carbocycles. The topological polar surface area (TPSA) is 159 Å². The number of likely N-dealkylation sites (tertiary alicyclic amines) is 1. The number of aromatic nitrogens is 2. The van der Waals surface area contributed by atoms with Gasteiger partial charge in [0.25, 0.3) is 0 Å². The Morgan fingerprint density at radius 3 is 2.41 bits per heavy atom. The highest BCUT2D eigenvalue weighted by molar-refractivity contribution is 7.92. The molecular weight excluding hydrogens is 587 g/mol. The van der Waals surface area contributed by atoms with Gasteiger partial charge in [0.05, 0.1) is 21.8 Å². The molecule has 1 amide bonds. The lowest BCUT2D eigenvalue weighted by Crippen LogP contribution is -2.42. The molecule has 0 radical (unpaired) electrons. The molecular formula is C26H23ClF3N5O5S.